The number of rotatable bonds is 0. The van der Waals surface area contributed by atoms with Gasteiger partial charge in [0, 0.05) is 24.2 Å². The number of carbonyl (C=O) groups is 1. The first kappa shape index (κ1) is 17.9. The fraction of sp³-hybridized carbons (Fsp3) is 0.611. The van der Waals surface area contributed by atoms with Crippen molar-refractivity contribution in [2.24, 2.45) is 0 Å². The molecule has 1 aromatic carbocycles. The Morgan fingerprint density at radius 1 is 1.20 bits per heavy atom. The number of piperidine rings is 1. The van der Waals surface area contributed by atoms with Crippen molar-refractivity contribution >= 4 is 11.8 Å². The molecular formula is C18H23F3N2O2. The molecule has 0 bridgehead atoms. The number of ether oxygens (including phenoxy) is 1. The predicted octanol–water partition coefficient (Wildman–Crippen LogP) is 4.31. The Balaban J connectivity index is 1.83. The zero-order valence-corrected chi connectivity index (χ0v) is 14.6. The monoisotopic (exact) mass is 356 g/mol. The van der Waals surface area contributed by atoms with Crippen molar-refractivity contribution in [2.75, 3.05) is 18.4 Å². The number of benzene rings is 1. The highest BCUT2D eigenvalue weighted by Gasteiger charge is 2.59. The van der Waals surface area contributed by atoms with Crippen LogP contribution in [0.3, 0.4) is 0 Å². The van der Waals surface area contributed by atoms with Crippen LogP contribution in [0.5, 0.6) is 0 Å². The molecule has 1 fully saturated rings. The number of likely N-dealkylation sites (tertiary alicyclic amines) is 1. The molecule has 1 aromatic rings. The van der Waals surface area contributed by atoms with Crippen molar-refractivity contribution in [3.05, 3.63) is 29.8 Å². The lowest BCUT2D eigenvalue weighted by atomic mass is 9.69. The Morgan fingerprint density at radius 3 is 2.36 bits per heavy atom. The Kier molecular flexibility index (Phi) is 4.16. The molecule has 25 heavy (non-hydrogen) atoms. The highest BCUT2D eigenvalue weighted by atomic mass is 19.4. The minimum absolute atomic E-state index is 0.248. The van der Waals surface area contributed by atoms with Gasteiger partial charge in [-0.15, -0.1) is 0 Å². The molecule has 7 heteroatoms. The molecule has 138 valence electrons. The van der Waals surface area contributed by atoms with Gasteiger partial charge in [0.25, 0.3) is 0 Å². The van der Waals surface area contributed by atoms with E-state index in [1.54, 1.807) is 45.0 Å². The average molecular weight is 356 g/mol. The van der Waals surface area contributed by atoms with Crippen LogP contribution in [0, 0.1) is 0 Å². The van der Waals surface area contributed by atoms with Gasteiger partial charge in [-0.2, -0.15) is 13.2 Å². The van der Waals surface area contributed by atoms with Crippen LogP contribution in [-0.4, -0.2) is 41.9 Å². The summed E-state index contributed by atoms with van der Waals surface area (Å²) in [5, 5.41) is 2.66. The molecular weight excluding hydrogens is 333 g/mol. The summed E-state index contributed by atoms with van der Waals surface area (Å²) >= 11 is 0. The van der Waals surface area contributed by atoms with Gasteiger partial charge in [0.1, 0.15) is 11.6 Å². The van der Waals surface area contributed by atoms with E-state index >= 15 is 0 Å². The van der Waals surface area contributed by atoms with E-state index in [1.807, 2.05) is 0 Å². The smallest absolute Gasteiger partial charge is 0.410 e. The summed E-state index contributed by atoms with van der Waals surface area (Å²) < 4.78 is 46.3. The molecule has 3 rings (SSSR count). The topological polar surface area (TPSA) is 41.6 Å². The van der Waals surface area contributed by atoms with Crippen molar-refractivity contribution in [2.45, 2.75) is 56.8 Å². The van der Waals surface area contributed by atoms with E-state index in [9.17, 15) is 18.0 Å². The van der Waals surface area contributed by atoms with E-state index in [2.05, 4.69) is 5.32 Å². The third-order valence-corrected chi connectivity index (χ3v) is 4.95. The summed E-state index contributed by atoms with van der Waals surface area (Å²) in [5.74, 6) is 0. The van der Waals surface area contributed by atoms with E-state index in [1.165, 1.54) is 4.90 Å². The third-order valence-electron chi connectivity index (χ3n) is 4.95. The minimum Gasteiger partial charge on any atom is -0.444 e. The number of nitrogens with one attached hydrogen (secondary N) is 1. The van der Waals surface area contributed by atoms with Gasteiger partial charge in [-0.1, -0.05) is 18.2 Å². The van der Waals surface area contributed by atoms with E-state index in [4.69, 9.17) is 4.74 Å². The van der Waals surface area contributed by atoms with Crippen LogP contribution >= 0.6 is 0 Å². The summed E-state index contributed by atoms with van der Waals surface area (Å²) in [5.41, 5.74) is -0.424. The first-order valence-corrected chi connectivity index (χ1v) is 8.44. The number of fused-ring (bicyclic) bond motifs is 2. The van der Waals surface area contributed by atoms with Crippen LogP contribution in [0.4, 0.5) is 23.7 Å². The van der Waals surface area contributed by atoms with Crippen LogP contribution < -0.4 is 5.32 Å². The summed E-state index contributed by atoms with van der Waals surface area (Å²) in [6, 6.07) is 5.31. The van der Waals surface area contributed by atoms with Crippen LogP contribution in [0.15, 0.2) is 24.3 Å². The number of hydrogen-bond acceptors (Lipinski definition) is 3. The normalized spacial score (nSPS) is 22.5. The van der Waals surface area contributed by atoms with Gasteiger partial charge in [-0.25, -0.2) is 4.79 Å². The number of hydrogen-bond donors (Lipinski definition) is 1. The number of alkyl halides is 3. The molecule has 2 heterocycles. The maximum absolute atomic E-state index is 13.7. The van der Waals surface area contributed by atoms with E-state index in [0.29, 0.717) is 11.3 Å². The van der Waals surface area contributed by atoms with Crippen molar-refractivity contribution in [3.8, 4) is 0 Å². The number of para-hydroxylation sites is 1. The standard InChI is InChI=1S/C18H23F3N2O2/c1-16(2,3)25-15(24)23-10-8-17(9-11-23)12-6-4-5-7-13(12)22-14(17)18(19,20)21/h4-7,14,22H,8-11H2,1-3H3/t14-/m1/s1. The summed E-state index contributed by atoms with van der Waals surface area (Å²) in [6.45, 7) is 5.81. The molecule has 0 unspecified atom stereocenters. The fourth-order valence-corrected chi connectivity index (χ4v) is 3.86. The quantitative estimate of drug-likeness (QED) is 0.753. The number of amides is 1. The molecule has 1 amide bonds. The van der Waals surface area contributed by atoms with Gasteiger partial charge in [0.05, 0.1) is 0 Å². The Bertz CT molecular complexity index is 659. The maximum Gasteiger partial charge on any atom is 0.410 e. The largest absolute Gasteiger partial charge is 0.444 e. The maximum atomic E-state index is 13.7. The van der Waals surface area contributed by atoms with Gasteiger partial charge in [0.15, 0.2) is 0 Å². The fourth-order valence-electron chi connectivity index (χ4n) is 3.86. The van der Waals surface area contributed by atoms with E-state index in [-0.39, 0.29) is 25.9 Å². The Morgan fingerprint density at radius 2 is 1.80 bits per heavy atom. The molecule has 1 atom stereocenters. The lowest BCUT2D eigenvalue weighted by Crippen LogP contribution is -2.55. The number of halogens is 3. The second-order valence-corrected chi connectivity index (χ2v) is 7.79. The van der Waals surface area contributed by atoms with Gasteiger partial charge in [-0.05, 0) is 45.2 Å². The Labute approximate surface area is 145 Å². The average Bonchev–Trinajstić information content (AvgIpc) is 2.81. The highest BCUT2D eigenvalue weighted by molar-refractivity contribution is 5.69. The molecule has 4 nitrogen and oxygen atoms in total. The molecule has 2 aliphatic heterocycles. The first-order valence-electron chi connectivity index (χ1n) is 8.44. The van der Waals surface area contributed by atoms with Crippen LogP contribution in [0.2, 0.25) is 0 Å². The molecule has 1 spiro atoms. The summed E-state index contributed by atoms with van der Waals surface area (Å²) in [6.07, 6.45) is -4.32. The molecule has 0 aromatic heterocycles. The molecule has 1 saturated heterocycles. The van der Waals surface area contributed by atoms with Crippen molar-refractivity contribution in [3.63, 3.8) is 0 Å². The van der Waals surface area contributed by atoms with Gasteiger partial charge in [0.2, 0.25) is 0 Å². The van der Waals surface area contributed by atoms with Crippen LogP contribution in [0.1, 0.15) is 39.2 Å². The number of anilines is 1. The van der Waals surface area contributed by atoms with Gasteiger partial charge >= 0.3 is 12.3 Å². The summed E-state index contributed by atoms with van der Waals surface area (Å²) in [7, 11) is 0. The second-order valence-electron chi connectivity index (χ2n) is 7.79. The van der Waals surface area contributed by atoms with Crippen LogP contribution in [0.25, 0.3) is 0 Å². The van der Waals surface area contributed by atoms with Gasteiger partial charge < -0.3 is 15.0 Å². The SMILES string of the molecule is CC(C)(C)OC(=O)N1CCC2(CC1)c1ccccc1N[C@H]2C(F)(F)F. The predicted molar refractivity (Wildman–Crippen MR) is 88.6 cm³/mol. The lowest BCUT2D eigenvalue weighted by Gasteiger charge is -2.43. The highest BCUT2D eigenvalue weighted by Crippen LogP contribution is 2.52. The van der Waals surface area contributed by atoms with Crippen molar-refractivity contribution in [1.82, 2.24) is 4.90 Å². The minimum atomic E-state index is -4.35. The number of carbonyl (C=O) groups excluding carboxylic acids is 1. The zero-order valence-electron chi connectivity index (χ0n) is 14.6. The van der Waals surface area contributed by atoms with Gasteiger partial charge in [-0.3, -0.25) is 0 Å². The molecule has 2 aliphatic rings. The molecule has 1 N–H and O–H groups in total. The molecule has 0 radical (unpaired) electrons. The van der Waals surface area contributed by atoms with E-state index in [0.717, 1.165) is 0 Å². The van der Waals surface area contributed by atoms with Crippen LogP contribution in [-0.2, 0) is 10.2 Å². The summed E-state index contributed by atoms with van der Waals surface area (Å²) in [4.78, 5) is 13.7. The molecule has 0 saturated carbocycles. The molecule has 0 aliphatic carbocycles. The Hall–Kier alpha value is -1.92. The number of nitrogens with zero attached hydrogens (tertiary/aromatic N) is 1. The zero-order chi connectivity index (χ0) is 18.5. The van der Waals surface area contributed by atoms with E-state index < -0.39 is 29.3 Å². The first-order chi connectivity index (χ1) is 11.5. The van der Waals surface area contributed by atoms with Crippen molar-refractivity contribution < 1.29 is 22.7 Å². The third kappa shape index (κ3) is 3.28. The van der Waals surface area contributed by atoms with Crippen molar-refractivity contribution in [1.29, 1.82) is 0 Å². The lowest BCUT2D eigenvalue weighted by molar-refractivity contribution is -0.159. The second kappa shape index (κ2) is 5.81.